The second-order valence-electron chi connectivity index (χ2n) is 7.28. The molecule has 3 nitrogen and oxygen atoms in total. The zero-order valence-electron chi connectivity index (χ0n) is 15.5. The molecule has 2 amide bonds. The average molecular weight is 406 g/mol. The lowest BCUT2D eigenvalue weighted by atomic mass is 9.94. The first-order valence-corrected chi connectivity index (χ1v) is 10.5. The van der Waals surface area contributed by atoms with Crippen LogP contribution in [0.1, 0.15) is 16.7 Å². The summed E-state index contributed by atoms with van der Waals surface area (Å²) in [5, 5.41) is 0.535. The van der Waals surface area contributed by atoms with Gasteiger partial charge < -0.3 is 9.80 Å². The molecule has 28 heavy (non-hydrogen) atoms. The topological polar surface area (TPSA) is 23.6 Å². The maximum Gasteiger partial charge on any atom is 0.416 e. The lowest BCUT2D eigenvalue weighted by Gasteiger charge is -2.42. The van der Waals surface area contributed by atoms with E-state index in [2.05, 4.69) is 6.26 Å². The molecule has 1 fully saturated rings. The minimum atomic E-state index is -4.33. The molecule has 148 valence electrons. The van der Waals surface area contributed by atoms with Gasteiger partial charge in [0, 0.05) is 31.4 Å². The minimum absolute atomic E-state index is 0.0795. The van der Waals surface area contributed by atoms with E-state index in [9.17, 15) is 18.0 Å². The molecule has 0 radical (unpaired) electrons. The zero-order valence-corrected chi connectivity index (χ0v) is 16.3. The van der Waals surface area contributed by atoms with Crippen molar-refractivity contribution in [1.82, 2.24) is 9.80 Å². The number of alkyl halides is 3. The number of hydrogen-bond donors (Lipinski definition) is 0. The summed E-state index contributed by atoms with van der Waals surface area (Å²) >= 11 is 1.79. The van der Waals surface area contributed by atoms with Crippen LogP contribution in [0.2, 0.25) is 0 Å². The van der Waals surface area contributed by atoms with Crippen LogP contribution in [0.25, 0.3) is 11.1 Å². The Balaban J connectivity index is 1.50. The van der Waals surface area contributed by atoms with Crippen molar-refractivity contribution in [3.8, 4) is 11.1 Å². The predicted molar refractivity (Wildman–Crippen MR) is 105 cm³/mol. The lowest BCUT2D eigenvalue weighted by Crippen LogP contribution is -2.57. The third-order valence-corrected chi connectivity index (χ3v) is 6.45. The van der Waals surface area contributed by atoms with Crippen LogP contribution in [0.5, 0.6) is 0 Å². The van der Waals surface area contributed by atoms with Crippen molar-refractivity contribution in [3.63, 3.8) is 0 Å². The summed E-state index contributed by atoms with van der Waals surface area (Å²) in [6.07, 6.45) is -1.47. The van der Waals surface area contributed by atoms with E-state index in [1.54, 1.807) is 11.8 Å². The van der Waals surface area contributed by atoms with Gasteiger partial charge in [-0.3, -0.25) is 0 Å². The van der Waals surface area contributed by atoms with E-state index in [4.69, 9.17) is 0 Å². The lowest BCUT2D eigenvalue weighted by molar-refractivity contribution is -0.137. The van der Waals surface area contributed by atoms with Gasteiger partial charge in [-0.2, -0.15) is 24.9 Å². The van der Waals surface area contributed by atoms with Crippen molar-refractivity contribution >= 4 is 17.8 Å². The minimum Gasteiger partial charge on any atom is -0.322 e. The average Bonchev–Trinajstić information content (AvgIpc) is 2.65. The van der Waals surface area contributed by atoms with Gasteiger partial charge in [-0.25, -0.2) is 4.79 Å². The highest BCUT2D eigenvalue weighted by molar-refractivity contribution is 7.99. The van der Waals surface area contributed by atoms with Crippen LogP contribution in [-0.4, -0.2) is 47.0 Å². The second-order valence-corrected chi connectivity index (χ2v) is 8.41. The van der Waals surface area contributed by atoms with E-state index in [1.165, 1.54) is 17.7 Å². The molecule has 0 unspecified atom stereocenters. The molecule has 2 aromatic carbocycles. The van der Waals surface area contributed by atoms with Gasteiger partial charge in [0.2, 0.25) is 0 Å². The largest absolute Gasteiger partial charge is 0.416 e. The van der Waals surface area contributed by atoms with Gasteiger partial charge in [0.25, 0.3) is 0 Å². The van der Waals surface area contributed by atoms with E-state index in [-0.39, 0.29) is 6.03 Å². The molecule has 4 rings (SSSR count). The quantitative estimate of drug-likeness (QED) is 0.708. The first kappa shape index (κ1) is 19.2. The molecule has 0 bridgehead atoms. The Bertz CT molecular complexity index is 876. The van der Waals surface area contributed by atoms with Gasteiger partial charge in [0.1, 0.15) is 0 Å². The van der Waals surface area contributed by atoms with Crippen LogP contribution < -0.4 is 0 Å². The first-order valence-electron chi connectivity index (χ1n) is 9.21. The number of carbonyl (C=O) groups is 1. The summed E-state index contributed by atoms with van der Waals surface area (Å²) < 4.78 is 38.3. The maximum atomic E-state index is 12.8. The van der Waals surface area contributed by atoms with Crippen LogP contribution in [0.3, 0.4) is 0 Å². The summed E-state index contributed by atoms with van der Waals surface area (Å²) in [5.74, 6) is 0. The fourth-order valence-corrected chi connectivity index (χ4v) is 4.35. The van der Waals surface area contributed by atoms with E-state index < -0.39 is 11.7 Å². The van der Waals surface area contributed by atoms with Gasteiger partial charge in [-0.1, -0.05) is 24.3 Å². The number of hydrogen-bond acceptors (Lipinski definition) is 2. The fourth-order valence-electron chi connectivity index (χ4n) is 3.69. The molecule has 0 spiro atoms. The molecule has 0 N–H and O–H groups in total. The highest BCUT2D eigenvalue weighted by Crippen LogP contribution is 2.32. The van der Waals surface area contributed by atoms with E-state index in [0.717, 1.165) is 48.3 Å². The SMILES string of the molecule is CSC1CN(C(=O)N2CCc3ccc(-c4ccc(C(F)(F)F)cc4)cc3C2)C1. The van der Waals surface area contributed by atoms with Gasteiger partial charge >= 0.3 is 12.2 Å². The number of fused-ring (bicyclic) bond motifs is 1. The fraction of sp³-hybridized carbons (Fsp3) is 0.381. The molecule has 0 saturated carbocycles. The number of rotatable bonds is 2. The Hall–Kier alpha value is -2.15. The number of carbonyl (C=O) groups excluding carboxylic acids is 1. The van der Waals surface area contributed by atoms with Crippen LogP contribution in [0, 0.1) is 0 Å². The Labute approximate surface area is 166 Å². The van der Waals surface area contributed by atoms with Crippen molar-refractivity contribution < 1.29 is 18.0 Å². The second kappa shape index (κ2) is 7.35. The molecule has 2 heterocycles. The first-order chi connectivity index (χ1) is 13.3. The van der Waals surface area contributed by atoms with Crippen LogP contribution in [0.15, 0.2) is 42.5 Å². The van der Waals surface area contributed by atoms with Crippen molar-refractivity contribution in [1.29, 1.82) is 0 Å². The standard InChI is InChI=1S/C21H21F3N2OS/c1-28-19-12-26(13-19)20(27)25-9-8-15-2-3-16(10-17(15)11-25)14-4-6-18(7-5-14)21(22,23)24/h2-7,10,19H,8-9,11-13H2,1H3. The summed E-state index contributed by atoms with van der Waals surface area (Å²) in [4.78, 5) is 16.4. The number of halogens is 3. The van der Waals surface area contributed by atoms with E-state index in [1.807, 2.05) is 28.0 Å². The van der Waals surface area contributed by atoms with Gasteiger partial charge in [-0.15, -0.1) is 0 Å². The smallest absolute Gasteiger partial charge is 0.322 e. The summed E-state index contributed by atoms with van der Waals surface area (Å²) in [5.41, 5.74) is 3.23. The van der Waals surface area contributed by atoms with Gasteiger partial charge in [-0.05, 0) is 53.1 Å². The highest BCUT2D eigenvalue weighted by atomic mass is 32.2. The molecule has 2 aliphatic heterocycles. The summed E-state index contributed by atoms with van der Waals surface area (Å²) in [7, 11) is 0. The molecule has 0 aromatic heterocycles. The van der Waals surface area contributed by atoms with Crippen LogP contribution in [-0.2, 0) is 19.1 Å². The van der Waals surface area contributed by atoms with Crippen LogP contribution in [0.4, 0.5) is 18.0 Å². The number of benzene rings is 2. The molecule has 1 saturated heterocycles. The number of nitrogens with zero attached hydrogens (tertiary/aromatic N) is 2. The van der Waals surface area contributed by atoms with Gasteiger partial charge in [0.15, 0.2) is 0 Å². The molecule has 0 atom stereocenters. The molecular formula is C21H21F3N2OS. The molecule has 2 aromatic rings. The predicted octanol–water partition coefficient (Wildman–Crippen LogP) is 4.90. The number of likely N-dealkylation sites (tertiary alicyclic amines) is 1. The monoisotopic (exact) mass is 406 g/mol. The zero-order chi connectivity index (χ0) is 19.9. The van der Waals surface area contributed by atoms with Crippen molar-refractivity contribution in [2.75, 3.05) is 25.9 Å². The van der Waals surface area contributed by atoms with E-state index >= 15 is 0 Å². The summed E-state index contributed by atoms with van der Waals surface area (Å²) in [6, 6.07) is 11.3. The number of amides is 2. The van der Waals surface area contributed by atoms with Crippen molar-refractivity contribution in [2.45, 2.75) is 24.4 Å². The molecule has 2 aliphatic rings. The molecule has 0 aliphatic carbocycles. The Morgan fingerprint density at radius 2 is 1.68 bits per heavy atom. The van der Waals surface area contributed by atoms with Gasteiger partial charge in [0.05, 0.1) is 5.56 Å². The third-order valence-electron chi connectivity index (χ3n) is 5.49. The van der Waals surface area contributed by atoms with Crippen molar-refractivity contribution in [2.24, 2.45) is 0 Å². The highest BCUT2D eigenvalue weighted by Gasteiger charge is 2.34. The molecular weight excluding hydrogens is 385 g/mol. The number of thioether (sulfide) groups is 1. The Morgan fingerprint density at radius 3 is 2.32 bits per heavy atom. The normalized spacial score (nSPS) is 17.3. The maximum absolute atomic E-state index is 12.8. The summed E-state index contributed by atoms with van der Waals surface area (Å²) in [6.45, 7) is 2.85. The molecule has 7 heteroatoms. The Morgan fingerprint density at radius 1 is 1.00 bits per heavy atom. The van der Waals surface area contributed by atoms with Crippen molar-refractivity contribution in [3.05, 3.63) is 59.2 Å². The van der Waals surface area contributed by atoms with E-state index in [0.29, 0.717) is 18.3 Å². The third kappa shape index (κ3) is 3.72. The van der Waals surface area contributed by atoms with Crippen LogP contribution >= 0.6 is 11.8 Å². The Kier molecular flexibility index (Phi) is 5.04. The number of urea groups is 1.